The number of hydrogen-bond acceptors (Lipinski definition) is 8. The van der Waals surface area contributed by atoms with Gasteiger partial charge >= 0.3 is 19.8 Å². The summed E-state index contributed by atoms with van der Waals surface area (Å²) in [6.45, 7) is 3.63. The second kappa shape index (κ2) is 42.3. The Morgan fingerprint density at radius 3 is 1.45 bits per heavy atom. The van der Waals surface area contributed by atoms with Gasteiger partial charge in [-0.05, 0) is 51.4 Å². The zero-order valence-corrected chi connectivity index (χ0v) is 36.5. The van der Waals surface area contributed by atoms with Crippen LogP contribution in [0.1, 0.15) is 187 Å². The minimum absolute atomic E-state index is 0.0429. The van der Waals surface area contributed by atoms with Gasteiger partial charge in [0.05, 0.1) is 13.2 Å². The number of allylic oxidation sites excluding steroid dienone is 10. The summed E-state index contributed by atoms with van der Waals surface area (Å²) in [5.74, 6) is -0.923. The van der Waals surface area contributed by atoms with Gasteiger partial charge in [-0.15, -0.1) is 0 Å². The van der Waals surface area contributed by atoms with E-state index in [4.69, 9.17) is 24.3 Å². The molecule has 0 aliphatic carbocycles. The molecule has 324 valence electrons. The number of phosphoric ester groups is 1. The first kappa shape index (κ1) is 53.7. The highest BCUT2D eigenvalue weighted by Gasteiger charge is 2.25. The maximum atomic E-state index is 12.6. The highest BCUT2D eigenvalue weighted by Crippen LogP contribution is 2.43. The summed E-state index contributed by atoms with van der Waals surface area (Å²) in [6.07, 6.45) is 49.8. The Hall–Kier alpha value is -2.29. The standard InChI is InChI=1S/C46H82NO8P/c1-3-5-7-9-11-13-15-17-19-21-22-23-25-26-28-30-32-34-36-38-45(48)52-42-44(43-54-56(50,51)53-41-40-47)55-46(49)39-37-35-33-31-29-27-24-20-18-16-14-12-10-8-6-4-2/h11,13,17,19,22-23,26,28,32,34,44H,3-10,12,14-16,18,20-21,24-25,27,29-31,33,35-43,47H2,1-2H3,(H,50,51)/b13-11+,19-17+,23-22+,28-26+,34-32+/t44-/m1/s1. The fourth-order valence-electron chi connectivity index (χ4n) is 5.85. The van der Waals surface area contributed by atoms with E-state index in [2.05, 4.69) is 62.5 Å². The lowest BCUT2D eigenvalue weighted by Crippen LogP contribution is -2.29. The van der Waals surface area contributed by atoms with Crippen molar-refractivity contribution in [3.05, 3.63) is 60.8 Å². The molecule has 0 rings (SSSR count). The number of rotatable bonds is 41. The normalized spacial score (nSPS) is 13.9. The second-order valence-corrected chi connectivity index (χ2v) is 16.0. The molecule has 0 aromatic heterocycles. The predicted octanol–water partition coefficient (Wildman–Crippen LogP) is 12.9. The lowest BCUT2D eigenvalue weighted by molar-refractivity contribution is -0.161. The van der Waals surface area contributed by atoms with Crippen molar-refractivity contribution in [1.82, 2.24) is 0 Å². The van der Waals surface area contributed by atoms with Crippen LogP contribution in [0.4, 0.5) is 0 Å². The summed E-state index contributed by atoms with van der Waals surface area (Å²) in [7, 11) is -4.39. The predicted molar refractivity (Wildman–Crippen MR) is 233 cm³/mol. The van der Waals surface area contributed by atoms with Crippen LogP contribution in [0, 0.1) is 0 Å². The van der Waals surface area contributed by atoms with Crippen molar-refractivity contribution in [2.45, 2.75) is 193 Å². The molecule has 56 heavy (non-hydrogen) atoms. The minimum Gasteiger partial charge on any atom is -0.462 e. The molecule has 0 radical (unpaired) electrons. The fraction of sp³-hybridized carbons (Fsp3) is 0.739. The molecule has 0 aromatic carbocycles. The molecule has 0 amide bonds. The van der Waals surface area contributed by atoms with E-state index in [0.29, 0.717) is 12.8 Å². The quantitative estimate of drug-likeness (QED) is 0.0268. The molecular formula is C46H82NO8P. The van der Waals surface area contributed by atoms with Crippen molar-refractivity contribution in [3.63, 3.8) is 0 Å². The Kier molecular flexibility index (Phi) is 40.6. The highest BCUT2D eigenvalue weighted by atomic mass is 31.2. The molecule has 10 heteroatoms. The van der Waals surface area contributed by atoms with Gasteiger partial charge in [-0.1, -0.05) is 184 Å². The number of carbonyl (C=O) groups is 2. The summed E-state index contributed by atoms with van der Waals surface area (Å²) in [5.41, 5.74) is 5.34. The second-order valence-electron chi connectivity index (χ2n) is 14.6. The van der Waals surface area contributed by atoms with Gasteiger partial charge in [-0.25, -0.2) is 4.57 Å². The summed E-state index contributed by atoms with van der Waals surface area (Å²) in [6, 6.07) is 0. The van der Waals surface area contributed by atoms with Crippen molar-refractivity contribution in [1.29, 1.82) is 0 Å². The number of phosphoric acid groups is 1. The van der Waals surface area contributed by atoms with Gasteiger partial charge in [0.15, 0.2) is 6.10 Å². The monoisotopic (exact) mass is 808 g/mol. The molecule has 0 aliphatic heterocycles. The molecular weight excluding hydrogens is 725 g/mol. The van der Waals surface area contributed by atoms with E-state index in [1.807, 2.05) is 12.2 Å². The summed E-state index contributed by atoms with van der Waals surface area (Å²) < 4.78 is 32.7. The van der Waals surface area contributed by atoms with Gasteiger partial charge in [0.1, 0.15) is 6.61 Å². The molecule has 1 unspecified atom stereocenters. The maximum absolute atomic E-state index is 12.6. The maximum Gasteiger partial charge on any atom is 0.472 e. The van der Waals surface area contributed by atoms with Crippen LogP contribution in [0.15, 0.2) is 60.8 Å². The first-order valence-electron chi connectivity index (χ1n) is 22.3. The number of hydrogen-bond donors (Lipinski definition) is 2. The molecule has 0 spiro atoms. The van der Waals surface area contributed by atoms with E-state index < -0.39 is 32.5 Å². The average molecular weight is 808 g/mol. The Bertz CT molecular complexity index is 1100. The van der Waals surface area contributed by atoms with Gasteiger partial charge in [0.2, 0.25) is 0 Å². The zero-order valence-electron chi connectivity index (χ0n) is 35.6. The van der Waals surface area contributed by atoms with E-state index in [1.165, 1.54) is 103 Å². The summed E-state index contributed by atoms with van der Waals surface area (Å²) in [4.78, 5) is 34.8. The first-order valence-corrected chi connectivity index (χ1v) is 23.8. The number of unbranched alkanes of at least 4 members (excludes halogenated alkanes) is 18. The van der Waals surface area contributed by atoms with Crippen LogP contribution in [-0.4, -0.2) is 49.3 Å². The van der Waals surface area contributed by atoms with Crippen LogP contribution < -0.4 is 5.73 Å². The van der Waals surface area contributed by atoms with E-state index >= 15 is 0 Å². The smallest absolute Gasteiger partial charge is 0.462 e. The van der Waals surface area contributed by atoms with Gasteiger partial charge in [-0.3, -0.25) is 18.6 Å². The number of esters is 2. The Balaban J connectivity index is 4.26. The lowest BCUT2D eigenvalue weighted by Gasteiger charge is -2.19. The molecule has 0 saturated carbocycles. The molecule has 0 bridgehead atoms. The largest absolute Gasteiger partial charge is 0.472 e. The zero-order chi connectivity index (χ0) is 41.1. The van der Waals surface area contributed by atoms with Gasteiger partial charge in [-0.2, -0.15) is 0 Å². The molecule has 9 nitrogen and oxygen atoms in total. The molecule has 0 heterocycles. The molecule has 0 aliphatic rings. The van der Waals surface area contributed by atoms with Gasteiger partial charge in [0.25, 0.3) is 0 Å². The van der Waals surface area contributed by atoms with Crippen LogP contribution in [0.25, 0.3) is 0 Å². The van der Waals surface area contributed by atoms with E-state index in [1.54, 1.807) is 0 Å². The van der Waals surface area contributed by atoms with Crippen LogP contribution in [0.3, 0.4) is 0 Å². The molecule has 2 atom stereocenters. The van der Waals surface area contributed by atoms with Crippen molar-refractivity contribution in [2.75, 3.05) is 26.4 Å². The third-order valence-electron chi connectivity index (χ3n) is 9.17. The van der Waals surface area contributed by atoms with Crippen LogP contribution in [-0.2, 0) is 32.7 Å². The van der Waals surface area contributed by atoms with Crippen molar-refractivity contribution in [3.8, 4) is 0 Å². The topological polar surface area (TPSA) is 134 Å². The highest BCUT2D eigenvalue weighted by molar-refractivity contribution is 7.47. The molecule has 0 aromatic rings. The average Bonchev–Trinajstić information content (AvgIpc) is 3.18. The number of carbonyl (C=O) groups excluding carboxylic acids is 2. The van der Waals surface area contributed by atoms with E-state index in [0.717, 1.165) is 44.9 Å². The molecule has 0 fully saturated rings. The third-order valence-corrected chi connectivity index (χ3v) is 10.2. The van der Waals surface area contributed by atoms with Crippen molar-refractivity contribution < 1.29 is 37.6 Å². The third kappa shape index (κ3) is 41.3. The van der Waals surface area contributed by atoms with E-state index in [-0.39, 0.29) is 32.6 Å². The lowest BCUT2D eigenvalue weighted by atomic mass is 10.0. The number of ether oxygens (including phenoxy) is 2. The Labute approximate surface area is 342 Å². The SMILES string of the molecule is CCCCC/C=C/C/C=C/C/C=C/C/C=C/C/C=C/CCC(=O)OC[C@H](COP(=O)(O)OCCN)OC(=O)CCCCCCCCCCCCCCCCCC. The summed E-state index contributed by atoms with van der Waals surface area (Å²) in [5, 5.41) is 0. The fourth-order valence-corrected chi connectivity index (χ4v) is 6.62. The van der Waals surface area contributed by atoms with Gasteiger partial charge in [0, 0.05) is 19.4 Å². The van der Waals surface area contributed by atoms with Crippen LogP contribution >= 0.6 is 7.82 Å². The minimum atomic E-state index is -4.39. The first-order chi connectivity index (χ1) is 27.3. The van der Waals surface area contributed by atoms with E-state index in [9.17, 15) is 19.0 Å². The summed E-state index contributed by atoms with van der Waals surface area (Å²) >= 11 is 0. The number of nitrogens with two attached hydrogens (primary N) is 1. The Morgan fingerprint density at radius 1 is 0.536 bits per heavy atom. The van der Waals surface area contributed by atoms with Crippen molar-refractivity contribution in [2.24, 2.45) is 5.73 Å². The molecule has 3 N–H and O–H groups in total. The van der Waals surface area contributed by atoms with Crippen LogP contribution in [0.5, 0.6) is 0 Å². The molecule has 0 saturated heterocycles. The Morgan fingerprint density at radius 2 is 0.964 bits per heavy atom. The van der Waals surface area contributed by atoms with Crippen LogP contribution in [0.2, 0.25) is 0 Å². The van der Waals surface area contributed by atoms with Gasteiger partial charge < -0.3 is 20.1 Å². The van der Waals surface area contributed by atoms with Crippen molar-refractivity contribution >= 4 is 19.8 Å².